The Morgan fingerprint density at radius 1 is 1.00 bits per heavy atom. The molecule has 0 aliphatic carbocycles. The Kier molecular flexibility index (Phi) is 7.23. The van der Waals surface area contributed by atoms with Crippen LogP contribution in [-0.4, -0.2) is 25.5 Å². The van der Waals surface area contributed by atoms with E-state index in [9.17, 15) is 9.59 Å². The zero-order chi connectivity index (χ0) is 19.8. The molecule has 144 valence electrons. The molecule has 0 atom stereocenters. The number of rotatable bonds is 7. The minimum Gasteiger partial charge on any atom is -0.493 e. The topological polar surface area (TPSA) is 76.7 Å². The summed E-state index contributed by atoms with van der Waals surface area (Å²) >= 11 is 0. The molecule has 6 nitrogen and oxygen atoms in total. The molecular weight excluding hydrogens is 344 g/mol. The summed E-state index contributed by atoms with van der Waals surface area (Å²) in [7, 11) is 1.52. The summed E-state index contributed by atoms with van der Waals surface area (Å²) < 4.78 is 11.0. The molecule has 0 heterocycles. The first kappa shape index (κ1) is 20.3. The van der Waals surface area contributed by atoms with Gasteiger partial charge < -0.3 is 9.47 Å². The Bertz CT molecular complexity index is 803. The van der Waals surface area contributed by atoms with Crippen molar-refractivity contribution in [1.82, 2.24) is 10.9 Å². The lowest BCUT2D eigenvalue weighted by molar-refractivity contribution is 0.0846. The Morgan fingerprint density at radius 3 is 2.37 bits per heavy atom. The average molecular weight is 370 g/mol. The lowest BCUT2D eigenvalue weighted by Gasteiger charge is -2.13. The summed E-state index contributed by atoms with van der Waals surface area (Å²) in [6, 6.07) is 12.1. The highest BCUT2D eigenvalue weighted by Crippen LogP contribution is 2.28. The van der Waals surface area contributed by atoms with Crippen molar-refractivity contribution in [2.45, 2.75) is 27.2 Å². The van der Waals surface area contributed by atoms with E-state index in [-0.39, 0.29) is 5.91 Å². The van der Waals surface area contributed by atoms with Crippen LogP contribution < -0.4 is 20.3 Å². The van der Waals surface area contributed by atoms with Crippen molar-refractivity contribution >= 4 is 11.8 Å². The monoisotopic (exact) mass is 370 g/mol. The number of amides is 2. The summed E-state index contributed by atoms with van der Waals surface area (Å²) in [5, 5.41) is 0. The fourth-order valence-corrected chi connectivity index (χ4v) is 2.41. The van der Waals surface area contributed by atoms with Crippen LogP contribution in [0.25, 0.3) is 0 Å². The predicted octanol–water partition coefficient (Wildman–Crippen LogP) is 3.50. The number of methoxy groups -OCH3 is 1. The smallest absolute Gasteiger partial charge is 0.269 e. The second kappa shape index (κ2) is 9.62. The number of carbonyl (C=O) groups excluding carboxylic acids is 2. The van der Waals surface area contributed by atoms with Gasteiger partial charge in [0.25, 0.3) is 11.8 Å². The van der Waals surface area contributed by atoms with Crippen LogP contribution in [0, 0.1) is 12.8 Å². The van der Waals surface area contributed by atoms with Crippen LogP contribution in [0.3, 0.4) is 0 Å². The maximum atomic E-state index is 12.3. The molecular formula is C21H26N2O4. The minimum absolute atomic E-state index is 0.355. The van der Waals surface area contributed by atoms with Crippen molar-refractivity contribution in [2.24, 2.45) is 5.92 Å². The highest BCUT2D eigenvalue weighted by Gasteiger charge is 2.13. The van der Waals surface area contributed by atoms with Crippen LogP contribution >= 0.6 is 0 Å². The molecule has 2 rings (SSSR count). The van der Waals surface area contributed by atoms with Gasteiger partial charge in [0.15, 0.2) is 11.5 Å². The Labute approximate surface area is 159 Å². The number of hydrogen-bond acceptors (Lipinski definition) is 4. The number of hydrogen-bond donors (Lipinski definition) is 2. The van der Waals surface area contributed by atoms with E-state index >= 15 is 0 Å². The van der Waals surface area contributed by atoms with Gasteiger partial charge in [-0.1, -0.05) is 32.0 Å². The van der Waals surface area contributed by atoms with Gasteiger partial charge in [0.1, 0.15) is 0 Å². The Hall–Kier alpha value is -3.02. The standard InChI is InChI=1S/C21H26N2O4/c1-14(2)11-12-27-18-10-9-16(13-19(18)26-4)20(24)22-23-21(25)17-8-6-5-7-15(17)3/h5-10,13-14H,11-12H2,1-4H3,(H,22,24)(H,23,25). The Morgan fingerprint density at radius 2 is 1.70 bits per heavy atom. The molecule has 2 aromatic carbocycles. The number of nitrogens with one attached hydrogen (secondary N) is 2. The van der Waals surface area contributed by atoms with Gasteiger partial charge in [-0.05, 0) is 49.1 Å². The molecule has 0 spiro atoms. The second-order valence-corrected chi connectivity index (χ2v) is 6.62. The zero-order valence-electron chi connectivity index (χ0n) is 16.2. The number of carbonyl (C=O) groups is 2. The molecule has 0 aliphatic rings. The Balaban J connectivity index is 1.99. The van der Waals surface area contributed by atoms with Crippen molar-refractivity contribution in [3.63, 3.8) is 0 Å². The molecule has 0 bridgehead atoms. The normalized spacial score (nSPS) is 10.4. The molecule has 0 aliphatic heterocycles. The van der Waals surface area contributed by atoms with Crippen LogP contribution in [0.15, 0.2) is 42.5 Å². The average Bonchev–Trinajstić information content (AvgIpc) is 2.66. The van der Waals surface area contributed by atoms with Crippen LogP contribution in [0.2, 0.25) is 0 Å². The SMILES string of the molecule is COc1cc(C(=O)NNC(=O)c2ccccc2C)ccc1OCCC(C)C. The van der Waals surface area contributed by atoms with Crippen LogP contribution in [0.1, 0.15) is 46.5 Å². The van der Waals surface area contributed by atoms with Gasteiger partial charge in [-0.2, -0.15) is 0 Å². The molecule has 2 aromatic rings. The molecule has 6 heteroatoms. The summed E-state index contributed by atoms with van der Waals surface area (Å²) in [5.41, 5.74) is 6.53. The van der Waals surface area contributed by atoms with Gasteiger partial charge >= 0.3 is 0 Å². The number of hydrazine groups is 1. The zero-order valence-corrected chi connectivity index (χ0v) is 16.2. The third-order valence-corrected chi connectivity index (χ3v) is 4.06. The van der Waals surface area contributed by atoms with E-state index in [1.165, 1.54) is 7.11 Å². The molecule has 0 unspecified atom stereocenters. The van der Waals surface area contributed by atoms with Gasteiger partial charge in [-0.15, -0.1) is 0 Å². The highest BCUT2D eigenvalue weighted by atomic mass is 16.5. The molecule has 27 heavy (non-hydrogen) atoms. The minimum atomic E-state index is -0.441. The molecule has 2 N–H and O–H groups in total. The summed E-state index contributed by atoms with van der Waals surface area (Å²) in [6.45, 7) is 6.66. The van der Waals surface area contributed by atoms with Gasteiger partial charge in [0.05, 0.1) is 13.7 Å². The molecule has 0 fully saturated rings. The third kappa shape index (κ3) is 5.74. The van der Waals surface area contributed by atoms with Crippen molar-refractivity contribution < 1.29 is 19.1 Å². The number of benzene rings is 2. The fourth-order valence-electron chi connectivity index (χ4n) is 2.41. The van der Waals surface area contributed by atoms with E-state index in [0.717, 1.165) is 12.0 Å². The molecule has 0 saturated heterocycles. The van der Waals surface area contributed by atoms with Crippen LogP contribution in [-0.2, 0) is 0 Å². The van der Waals surface area contributed by atoms with Crippen molar-refractivity contribution in [3.05, 3.63) is 59.2 Å². The molecule has 2 amide bonds. The maximum Gasteiger partial charge on any atom is 0.269 e. The van der Waals surface area contributed by atoms with E-state index in [2.05, 4.69) is 24.7 Å². The summed E-state index contributed by atoms with van der Waals surface area (Å²) in [6.07, 6.45) is 0.927. The van der Waals surface area contributed by atoms with E-state index in [4.69, 9.17) is 9.47 Å². The summed E-state index contributed by atoms with van der Waals surface area (Å²) in [4.78, 5) is 24.5. The van der Waals surface area contributed by atoms with E-state index < -0.39 is 5.91 Å². The fraction of sp³-hybridized carbons (Fsp3) is 0.333. The highest BCUT2D eigenvalue weighted by molar-refractivity contribution is 6.00. The van der Waals surface area contributed by atoms with Crippen LogP contribution in [0.4, 0.5) is 0 Å². The first-order valence-corrected chi connectivity index (χ1v) is 8.89. The van der Waals surface area contributed by atoms with Gasteiger partial charge in [0.2, 0.25) is 0 Å². The number of ether oxygens (including phenoxy) is 2. The quantitative estimate of drug-likeness (QED) is 0.732. The molecule has 0 saturated carbocycles. The van der Waals surface area contributed by atoms with Crippen LogP contribution in [0.5, 0.6) is 11.5 Å². The van der Waals surface area contributed by atoms with Crippen molar-refractivity contribution in [2.75, 3.05) is 13.7 Å². The summed E-state index contributed by atoms with van der Waals surface area (Å²) in [5.74, 6) is 0.777. The van der Waals surface area contributed by atoms with E-state index in [1.807, 2.05) is 19.1 Å². The molecule has 0 radical (unpaired) electrons. The van der Waals surface area contributed by atoms with E-state index in [1.54, 1.807) is 30.3 Å². The van der Waals surface area contributed by atoms with Gasteiger partial charge in [-0.25, -0.2) is 0 Å². The van der Waals surface area contributed by atoms with E-state index in [0.29, 0.717) is 35.2 Å². The van der Waals surface area contributed by atoms with Gasteiger partial charge in [0, 0.05) is 11.1 Å². The second-order valence-electron chi connectivity index (χ2n) is 6.62. The predicted molar refractivity (Wildman–Crippen MR) is 104 cm³/mol. The van der Waals surface area contributed by atoms with Crippen molar-refractivity contribution in [1.29, 1.82) is 0 Å². The number of aryl methyl sites for hydroxylation is 1. The lowest BCUT2D eigenvalue weighted by atomic mass is 10.1. The first-order chi connectivity index (χ1) is 12.9. The van der Waals surface area contributed by atoms with Crippen molar-refractivity contribution in [3.8, 4) is 11.5 Å². The molecule has 0 aromatic heterocycles. The lowest BCUT2D eigenvalue weighted by Crippen LogP contribution is -2.41. The third-order valence-electron chi connectivity index (χ3n) is 4.06. The largest absolute Gasteiger partial charge is 0.493 e. The maximum absolute atomic E-state index is 12.3. The van der Waals surface area contributed by atoms with Gasteiger partial charge in [-0.3, -0.25) is 20.4 Å². The first-order valence-electron chi connectivity index (χ1n) is 8.89.